The molecule has 0 radical (unpaired) electrons. The van der Waals surface area contributed by atoms with Gasteiger partial charge in [-0.3, -0.25) is 4.90 Å². The third-order valence-corrected chi connectivity index (χ3v) is 6.59. The Hall–Kier alpha value is -1.55. The van der Waals surface area contributed by atoms with Gasteiger partial charge in [-0.25, -0.2) is 4.79 Å². The molecule has 2 atom stereocenters. The Balaban J connectivity index is 1.22. The van der Waals surface area contributed by atoms with Crippen LogP contribution in [-0.4, -0.2) is 29.2 Å². The van der Waals surface area contributed by atoms with Crippen LogP contribution in [0.4, 0.5) is 4.79 Å². The molecule has 1 saturated heterocycles. The minimum absolute atomic E-state index is 0.266. The molecule has 2 unspecified atom stereocenters. The first kappa shape index (κ1) is 18.8. The molecule has 4 nitrogen and oxygen atoms in total. The lowest BCUT2D eigenvalue weighted by Gasteiger charge is -2.31. The third kappa shape index (κ3) is 4.16. The standard InChI is InChI=1S/C23H34N2O2/c1-23(2,3)27-22(26)24-17-10-8-16(9-11-17)14-15-25-20-12-13-21(25)19-7-5-4-6-18(19)20/h4-7,16-17,20-21H,8-15H2,1-3H3,(H,24,26). The molecule has 1 N–H and O–H groups in total. The molecule has 0 aromatic heterocycles. The van der Waals surface area contributed by atoms with E-state index in [1.165, 1.54) is 38.6 Å². The number of ether oxygens (including phenoxy) is 1. The van der Waals surface area contributed by atoms with Crippen molar-refractivity contribution in [2.24, 2.45) is 5.92 Å². The van der Waals surface area contributed by atoms with Crippen LogP contribution < -0.4 is 5.32 Å². The maximum atomic E-state index is 12.0. The molecule has 27 heavy (non-hydrogen) atoms. The van der Waals surface area contributed by atoms with E-state index in [-0.39, 0.29) is 12.1 Å². The van der Waals surface area contributed by atoms with Crippen molar-refractivity contribution in [3.63, 3.8) is 0 Å². The van der Waals surface area contributed by atoms with Gasteiger partial charge < -0.3 is 10.1 Å². The zero-order valence-electron chi connectivity index (χ0n) is 17.0. The average molecular weight is 371 g/mol. The summed E-state index contributed by atoms with van der Waals surface area (Å²) in [6, 6.07) is 10.7. The van der Waals surface area contributed by atoms with E-state index in [0.717, 1.165) is 18.8 Å². The predicted octanol–water partition coefficient (Wildman–Crippen LogP) is 5.35. The lowest BCUT2D eigenvalue weighted by Crippen LogP contribution is -2.41. The second-order valence-corrected chi connectivity index (χ2v) is 9.63. The van der Waals surface area contributed by atoms with Crippen molar-refractivity contribution in [1.29, 1.82) is 0 Å². The Kier molecular flexibility index (Phi) is 5.19. The molecule has 4 heteroatoms. The summed E-state index contributed by atoms with van der Waals surface area (Å²) in [5, 5.41) is 3.06. The summed E-state index contributed by atoms with van der Waals surface area (Å²) in [5.41, 5.74) is 2.74. The highest BCUT2D eigenvalue weighted by atomic mass is 16.6. The Labute approximate surface area is 163 Å². The van der Waals surface area contributed by atoms with Crippen LogP contribution in [-0.2, 0) is 4.74 Å². The Bertz CT molecular complexity index is 642. The third-order valence-electron chi connectivity index (χ3n) is 6.59. The van der Waals surface area contributed by atoms with Crippen molar-refractivity contribution in [2.45, 2.75) is 89.4 Å². The van der Waals surface area contributed by atoms with Gasteiger partial charge in [0.2, 0.25) is 0 Å². The molecule has 2 fully saturated rings. The van der Waals surface area contributed by atoms with Crippen molar-refractivity contribution >= 4 is 6.09 Å². The van der Waals surface area contributed by atoms with Gasteiger partial charge in [0.1, 0.15) is 5.60 Å². The van der Waals surface area contributed by atoms with Gasteiger partial charge in [-0.15, -0.1) is 0 Å². The number of carbonyl (C=O) groups is 1. The maximum Gasteiger partial charge on any atom is 0.407 e. The van der Waals surface area contributed by atoms with Crippen LogP contribution in [0, 0.1) is 5.92 Å². The van der Waals surface area contributed by atoms with Gasteiger partial charge in [0, 0.05) is 18.1 Å². The fraction of sp³-hybridized carbons (Fsp3) is 0.696. The van der Waals surface area contributed by atoms with E-state index < -0.39 is 5.60 Å². The molecule has 1 aromatic carbocycles. The average Bonchev–Trinajstić information content (AvgIpc) is 3.16. The fourth-order valence-electron chi connectivity index (χ4n) is 5.36. The van der Waals surface area contributed by atoms with Crippen molar-refractivity contribution in [3.05, 3.63) is 35.4 Å². The van der Waals surface area contributed by atoms with E-state index in [1.54, 1.807) is 11.1 Å². The number of carbonyl (C=O) groups excluding carboxylic acids is 1. The van der Waals surface area contributed by atoms with Crippen LogP contribution in [0.25, 0.3) is 0 Å². The smallest absolute Gasteiger partial charge is 0.407 e. The molecule has 1 saturated carbocycles. The molecule has 1 aromatic rings. The second-order valence-electron chi connectivity index (χ2n) is 9.63. The number of hydrogen-bond acceptors (Lipinski definition) is 3. The van der Waals surface area contributed by atoms with Gasteiger partial charge in [-0.1, -0.05) is 24.3 Å². The molecular formula is C23H34N2O2. The molecule has 148 valence electrons. The number of alkyl carbamates (subject to hydrolysis) is 1. The Morgan fingerprint density at radius 2 is 1.63 bits per heavy atom. The maximum absolute atomic E-state index is 12.0. The lowest BCUT2D eigenvalue weighted by atomic mass is 9.84. The quantitative estimate of drug-likeness (QED) is 0.776. The topological polar surface area (TPSA) is 41.6 Å². The molecule has 1 amide bonds. The van der Waals surface area contributed by atoms with Crippen molar-refractivity contribution in [2.75, 3.05) is 6.54 Å². The van der Waals surface area contributed by atoms with E-state index >= 15 is 0 Å². The summed E-state index contributed by atoms with van der Waals surface area (Å²) in [6.45, 7) is 6.95. The second kappa shape index (κ2) is 7.46. The first-order valence-corrected chi connectivity index (χ1v) is 10.7. The summed E-state index contributed by atoms with van der Waals surface area (Å²) < 4.78 is 5.39. The first-order chi connectivity index (χ1) is 12.9. The summed E-state index contributed by atoms with van der Waals surface area (Å²) >= 11 is 0. The zero-order chi connectivity index (χ0) is 19.0. The van der Waals surface area contributed by atoms with Gasteiger partial charge in [-0.05, 0) is 89.3 Å². The van der Waals surface area contributed by atoms with Crippen molar-refractivity contribution < 1.29 is 9.53 Å². The number of nitrogens with one attached hydrogen (secondary N) is 1. The van der Waals surface area contributed by atoms with E-state index in [0.29, 0.717) is 12.1 Å². The molecule has 2 heterocycles. The molecule has 1 aliphatic carbocycles. The Morgan fingerprint density at radius 1 is 1.04 bits per heavy atom. The van der Waals surface area contributed by atoms with Gasteiger partial charge in [-0.2, -0.15) is 0 Å². The van der Waals surface area contributed by atoms with E-state index in [2.05, 4.69) is 34.5 Å². The fourth-order valence-corrected chi connectivity index (χ4v) is 5.36. The van der Waals surface area contributed by atoms with Crippen LogP contribution in [0.1, 0.15) is 88.9 Å². The zero-order valence-corrected chi connectivity index (χ0v) is 17.0. The first-order valence-electron chi connectivity index (χ1n) is 10.7. The van der Waals surface area contributed by atoms with Crippen LogP contribution in [0.3, 0.4) is 0 Å². The van der Waals surface area contributed by atoms with Crippen molar-refractivity contribution in [1.82, 2.24) is 10.2 Å². The number of hydrogen-bond donors (Lipinski definition) is 1. The molecule has 0 spiro atoms. The lowest BCUT2D eigenvalue weighted by molar-refractivity contribution is 0.0485. The number of benzene rings is 1. The van der Waals surface area contributed by atoms with Crippen LogP contribution in [0.5, 0.6) is 0 Å². The summed E-state index contributed by atoms with van der Waals surface area (Å²) in [4.78, 5) is 14.7. The molecule has 3 aliphatic rings. The normalized spacial score (nSPS) is 30.2. The highest BCUT2D eigenvalue weighted by molar-refractivity contribution is 5.68. The summed E-state index contributed by atoms with van der Waals surface area (Å²) in [6.07, 6.45) is 8.28. The number of nitrogens with zero attached hydrogens (tertiary/aromatic N) is 1. The largest absolute Gasteiger partial charge is 0.444 e. The minimum atomic E-state index is -0.423. The predicted molar refractivity (Wildman–Crippen MR) is 108 cm³/mol. The number of fused-ring (bicyclic) bond motifs is 5. The van der Waals surface area contributed by atoms with Gasteiger partial charge >= 0.3 is 6.09 Å². The van der Waals surface area contributed by atoms with Crippen LogP contribution >= 0.6 is 0 Å². The van der Waals surface area contributed by atoms with Gasteiger partial charge in [0.15, 0.2) is 0 Å². The SMILES string of the molecule is CC(C)(C)OC(=O)NC1CCC(CCN2C3CCC2c2ccccc23)CC1. The molecule has 2 bridgehead atoms. The minimum Gasteiger partial charge on any atom is -0.444 e. The summed E-state index contributed by atoms with van der Waals surface area (Å²) in [5.74, 6) is 0.796. The Morgan fingerprint density at radius 3 is 2.19 bits per heavy atom. The summed E-state index contributed by atoms with van der Waals surface area (Å²) in [7, 11) is 0. The van der Waals surface area contributed by atoms with Gasteiger partial charge in [0.25, 0.3) is 0 Å². The van der Waals surface area contributed by atoms with Crippen LogP contribution in [0.15, 0.2) is 24.3 Å². The number of amides is 1. The van der Waals surface area contributed by atoms with Crippen LogP contribution in [0.2, 0.25) is 0 Å². The van der Waals surface area contributed by atoms with E-state index in [1.807, 2.05) is 20.8 Å². The van der Waals surface area contributed by atoms with E-state index in [9.17, 15) is 4.79 Å². The molecule has 2 aliphatic heterocycles. The monoisotopic (exact) mass is 370 g/mol. The van der Waals surface area contributed by atoms with Gasteiger partial charge in [0.05, 0.1) is 0 Å². The number of rotatable bonds is 4. The molecule has 4 rings (SSSR count). The highest BCUT2D eigenvalue weighted by Crippen LogP contribution is 2.53. The van der Waals surface area contributed by atoms with E-state index in [4.69, 9.17) is 4.74 Å². The highest BCUT2D eigenvalue weighted by Gasteiger charge is 2.43. The molecular weight excluding hydrogens is 336 g/mol. The van der Waals surface area contributed by atoms with Crippen molar-refractivity contribution in [3.8, 4) is 0 Å².